The van der Waals surface area contributed by atoms with Crippen LogP contribution in [0.4, 0.5) is 0 Å². The van der Waals surface area contributed by atoms with Crippen LogP contribution in [0.5, 0.6) is 0 Å². The van der Waals surface area contributed by atoms with Crippen LogP contribution >= 0.6 is 0 Å². The summed E-state index contributed by atoms with van der Waals surface area (Å²) in [6.45, 7) is 11.9. The quantitative estimate of drug-likeness (QED) is 0.414. The average Bonchev–Trinajstić information content (AvgIpc) is 2.52. The van der Waals surface area contributed by atoms with Gasteiger partial charge in [0.1, 0.15) is 0 Å². The first-order valence-corrected chi connectivity index (χ1v) is 10.4. The zero-order chi connectivity index (χ0) is 15.6. The second-order valence-electron chi connectivity index (χ2n) is 5.30. The minimum absolute atomic E-state index is 0.763. The lowest BCUT2D eigenvalue weighted by Crippen LogP contribution is -2.41. The molecule has 0 heterocycles. The van der Waals surface area contributed by atoms with Crippen molar-refractivity contribution in [3.63, 3.8) is 0 Å². The van der Waals surface area contributed by atoms with E-state index in [0.29, 0.717) is 0 Å². The SMILES string of the molecule is C=Cc1ccccc1CCCO[Si](CC)(CCC)OCC. The molecule has 3 heteroatoms. The molecule has 0 amide bonds. The molecule has 1 atom stereocenters. The minimum Gasteiger partial charge on any atom is -0.394 e. The van der Waals surface area contributed by atoms with Crippen molar-refractivity contribution < 1.29 is 8.85 Å². The van der Waals surface area contributed by atoms with Crippen molar-refractivity contribution in [3.8, 4) is 0 Å². The number of benzene rings is 1. The van der Waals surface area contributed by atoms with E-state index in [2.05, 4.69) is 51.6 Å². The first kappa shape index (κ1) is 18.1. The molecule has 1 aromatic carbocycles. The fraction of sp³-hybridized carbons (Fsp3) is 0.556. The van der Waals surface area contributed by atoms with Crippen LogP contribution in [0.3, 0.4) is 0 Å². The Hall–Kier alpha value is -0.903. The van der Waals surface area contributed by atoms with Gasteiger partial charge in [-0.2, -0.15) is 0 Å². The highest BCUT2D eigenvalue weighted by Crippen LogP contribution is 2.21. The topological polar surface area (TPSA) is 18.5 Å². The monoisotopic (exact) mass is 306 g/mol. The van der Waals surface area contributed by atoms with E-state index >= 15 is 0 Å². The fourth-order valence-corrected chi connectivity index (χ4v) is 5.63. The van der Waals surface area contributed by atoms with E-state index in [4.69, 9.17) is 8.85 Å². The van der Waals surface area contributed by atoms with Crippen LogP contribution < -0.4 is 0 Å². The van der Waals surface area contributed by atoms with Crippen LogP contribution in [-0.4, -0.2) is 21.8 Å². The Morgan fingerprint density at radius 1 is 1.14 bits per heavy atom. The van der Waals surface area contributed by atoms with Crippen molar-refractivity contribution in [3.05, 3.63) is 42.0 Å². The molecule has 0 saturated heterocycles. The summed E-state index contributed by atoms with van der Waals surface area (Å²) in [6, 6.07) is 10.6. The Morgan fingerprint density at radius 3 is 2.52 bits per heavy atom. The van der Waals surface area contributed by atoms with Gasteiger partial charge in [-0.1, -0.05) is 57.2 Å². The highest BCUT2D eigenvalue weighted by molar-refractivity contribution is 6.67. The van der Waals surface area contributed by atoms with Crippen molar-refractivity contribution in [2.45, 2.75) is 52.1 Å². The van der Waals surface area contributed by atoms with Gasteiger partial charge in [-0.05, 0) is 43.0 Å². The van der Waals surface area contributed by atoms with Crippen LogP contribution in [0.25, 0.3) is 6.08 Å². The molecule has 0 bridgehead atoms. The number of hydrogen-bond acceptors (Lipinski definition) is 2. The van der Waals surface area contributed by atoms with Crippen molar-refractivity contribution in [2.24, 2.45) is 0 Å². The smallest absolute Gasteiger partial charge is 0.337 e. The number of rotatable bonds is 11. The molecule has 0 fully saturated rings. The third-order valence-corrected chi connectivity index (χ3v) is 7.69. The molecular formula is C18H30O2Si. The maximum atomic E-state index is 6.25. The third-order valence-electron chi connectivity index (χ3n) is 3.81. The Labute approximate surface area is 131 Å². The van der Waals surface area contributed by atoms with Crippen molar-refractivity contribution in [2.75, 3.05) is 13.2 Å². The van der Waals surface area contributed by atoms with Crippen LogP contribution in [0.2, 0.25) is 12.1 Å². The Bertz CT molecular complexity index is 411. The molecule has 21 heavy (non-hydrogen) atoms. The molecule has 0 saturated carbocycles. The summed E-state index contributed by atoms with van der Waals surface area (Å²) in [7, 11) is -1.95. The van der Waals surface area contributed by atoms with Gasteiger partial charge in [0.15, 0.2) is 0 Å². The van der Waals surface area contributed by atoms with E-state index in [1.807, 2.05) is 6.08 Å². The summed E-state index contributed by atoms with van der Waals surface area (Å²) in [5, 5.41) is 0. The summed E-state index contributed by atoms with van der Waals surface area (Å²) < 4.78 is 12.3. The van der Waals surface area contributed by atoms with E-state index in [1.54, 1.807) is 0 Å². The van der Waals surface area contributed by atoms with E-state index in [1.165, 1.54) is 11.1 Å². The predicted molar refractivity (Wildman–Crippen MR) is 93.8 cm³/mol. The highest BCUT2D eigenvalue weighted by Gasteiger charge is 2.33. The zero-order valence-corrected chi connectivity index (χ0v) is 14.9. The summed E-state index contributed by atoms with van der Waals surface area (Å²) in [5.41, 5.74) is 2.58. The number of hydrogen-bond donors (Lipinski definition) is 0. The largest absolute Gasteiger partial charge is 0.394 e. The molecule has 1 rings (SSSR count). The molecule has 0 aliphatic heterocycles. The van der Waals surface area contributed by atoms with E-state index < -0.39 is 8.56 Å². The van der Waals surface area contributed by atoms with Crippen LogP contribution in [0.15, 0.2) is 30.8 Å². The zero-order valence-electron chi connectivity index (χ0n) is 13.9. The van der Waals surface area contributed by atoms with Gasteiger partial charge in [0.2, 0.25) is 0 Å². The van der Waals surface area contributed by atoms with Crippen LogP contribution in [0.1, 0.15) is 44.7 Å². The number of aryl methyl sites for hydroxylation is 1. The summed E-state index contributed by atoms with van der Waals surface area (Å²) >= 11 is 0. The molecule has 0 aliphatic rings. The lowest BCUT2D eigenvalue weighted by Gasteiger charge is -2.29. The van der Waals surface area contributed by atoms with Crippen molar-refractivity contribution in [1.82, 2.24) is 0 Å². The molecule has 0 aliphatic carbocycles. The van der Waals surface area contributed by atoms with Gasteiger partial charge in [0.05, 0.1) is 0 Å². The van der Waals surface area contributed by atoms with Crippen molar-refractivity contribution >= 4 is 14.6 Å². The van der Waals surface area contributed by atoms with Gasteiger partial charge >= 0.3 is 8.56 Å². The lowest BCUT2D eigenvalue weighted by atomic mass is 10.0. The van der Waals surface area contributed by atoms with Gasteiger partial charge in [-0.15, -0.1) is 0 Å². The van der Waals surface area contributed by atoms with Crippen molar-refractivity contribution in [1.29, 1.82) is 0 Å². The fourth-order valence-electron chi connectivity index (χ4n) is 2.69. The second-order valence-corrected chi connectivity index (χ2v) is 8.91. The predicted octanol–water partition coefficient (Wildman–Crippen LogP) is 5.19. The maximum absolute atomic E-state index is 6.25. The van der Waals surface area contributed by atoms with Gasteiger partial charge in [-0.25, -0.2) is 0 Å². The van der Waals surface area contributed by atoms with E-state index in [-0.39, 0.29) is 0 Å². The average molecular weight is 307 g/mol. The summed E-state index contributed by atoms with van der Waals surface area (Å²) in [6.07, 6.45) is 5.14. The van der Waals surface area contributed by atoms with Gasteiger partial charge in [0.25, 0.3) is 0 Å². The molecular weight excluding hydrogens is 276 g/mol. The van der Waals surface area contributed by atoms with Crippen LogP contribution in [0, 0.1) is 0 Å². The standard InChI is InChI=1S/C18H30O2Si/c1-5-16-21(8-4,19-7-3)20-15-11-14-18-13-10-9-12-17(18)6-2/h6,9-10,12-13H,2,5,7-8,11,14-16H2,1,3-4H3. The van der Waals surface area contributed by atoms with E-state index in [9.17, 15) is 0 Å². The lowest BCUT2D eigenvalue weighted by molar-refractivity contribution is 0.173. The molecule has 0 spiro atoms. The molecule has 0 N–H and O–H groups in total. The maximum Gasteiger partial charge on any atom is 0.337 e. The summed E-state index contributed by atoms with van der Waals surface area (Å²) in [4.78, 5) is 0. The molecule has 0 radical (unpaired) electrons. The molecule has 118 valence electrons. The highest BCUT2D eigenvalue weighted by atomic mass is 28.4. The third kappa shape index (κ3) is 5.77. The van der Waals surface area contributed by atoms with Gasteiger partial charge in [0, 0.05) is 13.2 Å². The van der Waals surface area contributed by atoms with Gasteiger partial charge < -0.3 is 8.85 Å². The molecule has 1 aromatic rings. The molecule has 0 aromatic heterocycles. The van der Waals surface area contributed by atoms with E-state index in [0.717, 1.165) is 44.6 Å². The molecule has 2 nitrogen and oxygen atoms in total. The molecule has 1 unspecified atom stereocenters. The minimum atomic E-state index is -1.95. The second kappa shape index (κ2) is 9.93. The first-order chi connectivity index (χ1) is 10.2. The Morgan fingerprint density at radius 2 is 1.90 bits per heavy atom. The Balaban J connectivity index is 2.48. The Kier molecular flexibility index (Phi) is 8.58. The normalized spacial score (nSPS) is 13.9. The first-order valence-electron chi connectivity index (χ1n) is 8.19. The summed E-state index contributed by atoms with van der Waals surface area (Å²) in [5.74, 6) is 0. The van der Waals surface area contributed by atoms with Crippen LogP contribution in [-0.2, 0) is 15.3 Å². The van der Waals surface area contributed by atoms with Gasteiger partial charge in [-0.3, -0.25) is 0 Å².